The Hall–Kier alpha value is -1.47. The van der Waals surface area contributed by atoms with Crippen molar-refractivity contribution in [2.24, 2.45) is 5.92 Å². The van der Waals surface area contributed by atoms with Crippen molar-refractivity contribution in [1.82, 2.24) is 20.7 Å². The Balaban J connectivity index is 1.48. The van der Waals surface area contributed by atoms with Crippen molar-refractivity contribution in [1.29, 1.82) is 0 Å². The zero-order valence-corrected chi connectivity index (χ0v) is 13.6. The van der Waals surface area contributed by atoms with E-state index in [2.05, 4.69) is 15.8 Å². The lowest BCUT2D eigenvalue weighted by Crippen LogP contribution is -2.52. The quantitative estimate of drug-likeness (QED) is 0.728. The SMILES string of the molecule is CC1NNCC1C(=O)N1CCN(CC(O)c2ccccc2)CC1. The Kier molecular flexibility index (Phi) is 5.27. The van der Waals surface area contributed by atoms with E-state index in [9.17, 15) is 9.90 Å². The molecule has 3 N–H and O–H groups in total. The average molecular weight is 318 g/mol. The fourth-order valence-electron chi connectivity index (χ4n) is 3.32. The molecule has 126 valence electrons. The van der Waals surface area contributed by atoms with E-state index >= 15 is 0 Å². The van der Waals surface area contributed by atoms with E-state index in [1.165, 1.54) is 0 Å². The van der Waals surface area contributed by atoms with Crippen molar-refractivity contribution in [2.75, 3.05) is 39.3 Å². The van der Waals surface area contributed by atoms with Gasteiger partial charge in [0.15, 0.2) is 0 Å². The van der Waals surface area contributed by atoms with Gasteiger partial charge in [-0.05, 0) is 12.5 Å². The zero-order valence-electron chi connectivity index (χ0n) is 13.6. The Morgan fingerprint density at radius 3 is 2.57 bits per heavy atom. The first-order valence-corrected chi connectivity index (χ1v) is 8.37. The molecule has 2 aliphatic rings. The first-order chi connectivity index (χ1) is 11.1. The van der Waals surface area contributed by atoms with Gasteiger partial charge < -0.3 is 10.0 Å². The van der Waals surface area contributed by atoms with Gasteiger partial charge in [0.2, 0.25) is 5.91 Å². The highest BCUT2D eigenvalue weighted by Gasteiger charge is 2.34. The van der Waals surface area contributed by atoms with Crippen LogP contribution in [0.15, 0.2) is 30.3 Å². The molecule has 23 heavy (non-hydrogen) atoms. The van der Waals surface area contributed by atoms with E-state index in [1.807, 2.05) is 42.2 Å². The third-order valence-electron chi connectivity index (χ3n) is 4.87. The van der Waals surface area contributed by atoms with Crippen LogP contribution in [-0.2, 0) is 4.79 Å². The van der Waals surface area contributed by atoms with E-state index in [0.717, 1.165) is 31.7 Å². The summed E-state index contributed by atoms with van der Waals surface area (Å²) in [5.74, 6) is 0.259. The van der Waals surface area contributed by atoms with Gasteiger partial charge in [0, 0.05) is 45.3 Å². The number of β-amino-alcohol motifs (C(OH)–C–C–N with tert-alkyl or cyclic N) is 1. The van der Waals surface area contributed by atoms with Crippen LogP contribution in [0.3, 0.4) is 0 Å². The second-order valence-corrected chi connectivity index (χ2v) is 6.47. The third kappa shape index (κ3) is 3.90. The van der Waals surface area contributed by atoms with Crippen LogP contribution in [0.5, 0.6) is 0 Å². The molecule has 1 aromatic carbocycles. The number of rotatable bonds is 4. The molecule has 1 amide bonds. The molecule has 2 aliphatic heterocycles. The van der Waals surface area contributed by atoms with E-state index in [-0.39, 0.29) is 17.9 Å². The van der Waals surface area contributed by atoms with Gasteiger partial charge in [-0.3, -0.25) is 20.5 Å². The van der Waals surface area contributed by atoms with E-state index < -0.39 is 6.10 Å². The maximum absolute atomic E-state index is 12.5. The summed E-state index contributed by atoms with van der Waals surface area (Å²) in [6, 6.07) is 9.92. The molecular weight excluding hydrogens is 292 g/mol. The lowest BCUT2D eigenvalue weighted by molar-refractivity contribution is -0.137. The predicted octanol–water partition coefficient (Wildman–Crippen LogP) is -0.0233. The minimum Gasteiger partial charge on any atom is -0.387 e. The predicted molar refractivity (Wildman–Crippen MR) is 88.5 cm³/mol. The van der Waals surface area contributed by atoms with Gasteiger partial charge in [0.1, 0.15) is 0 Å². The molecule has 6 nitrogen and oxygen atoms in total. The third-order valence-corrected chi connectivity index (χ3v) is 4.87. The summed E-state index contributed by atoms with van der Waals surface area (Å²) in [6.45, 7) is 6.47. The van der Waals surface area contributed by atoms with Crippen molar-refractivity contribution in [3.05, 3.63) is 35.9 Å². The summed E-state index contributed by atoms with van der Waals surface area (Å²) in [7, 11) is 0. The first-order valence-electron chi connectivity index (χ1n) is 8.37. The molecule has 3 rings (SSSR count). The van der Waals surface area contributed by atoms with Crippen molar-refractivity contribution in [2.45, 2.75) is 19.1 Å². The summed E-state index contributed by atoms with van der Waals surface area (Å²) >= 11 is 0. The smallest absolute Gasteiger partial charge is 0.228 e. The minimum atomic E-state index is -0.471. The van der Waals surface area contributed by atoms with Gasteiger partial charge in [0.05, 0.1) is 12.0 Å². The normalized spacial score (nSPS) is 27.1. The molecule has 2 saturated heterocycles. The molecule has 6 heteroatoms. The van der Waals surface area contributed by atoms with Gasteiger partial charge in [0.25, 0.3) is 0 Å². The largest absolute Gasteiger partial charge is 0.387 e. The average Bonchev–Trinajstić information content (AvgIpc) is 3.02. The number of aliphatic hydroxyl groups excluding tert-OH is 1. The summed E-state index contributed by atoms with van der Waals surface area (Å²) < 4.78 is 0. The lowest BCUT2D eigenvalue weighted by atomic mass is 10.0. The second-order valence-electron chi connectivity index (χ2n) is 6.47. The molecule has 0 aromatic heterocycles. The van der Waals surface area contributed by atoms with Crippen molar-refractivity contribution < 1.29 is 9.90 Å². The van der Waals surface area contributed by atoms with Gasteiger partial charge in [-0.25, -0.2) is 0 Å². The van der Waals surface area contributed by atoms with Crippen LogP contribution in [0.25, 0.3) is 0 Å². The molecule has 0 bridgehead atoms. The maximum Gasteiger partial charge on any atom is 0.228 e. The van der Waals surface area contributed by atoms with Crippen LogP contribution in [0, 0.1) is 5.92 Å². The number of benzene rings is 1. The Morgan fingerprint density at radius 2 is 1.96 bits per heavy atom. The van der Waals surface area contributed by atoms with Crippen molar-refractivity contribution in [3.8, 4) is 0 Å². The number of hydrogen-bond donors (Lipinski definition) is 3. The molecule has 2 heterocycles. The fraction of sp³-hybridized carbons (Fsp3) is 0.588. The van der Waals surface area contributed by atoms with Crippen LogP contribution in [-0.4, -0.2) is 66.1 Å². The molecule has 1 aromatic rings. The number of piperazine rings is 1. The highest BCUT2D eigenvalue weighted by atomic mass is 16.3. The summed E-state index contributed by atoms with van der Waals surface area (Å²) in [5.41, 5.74) is 7.10. The first kappa shape index (κ1) is 16.4. The topological polar surface area (TPSA) is 67.8 Å². The molecule has 0 spiro atoms. The summed E-state index contributed by atoms with van der Waals surface area (Å²) in [5, 5.41) is 10.3. The number of amides is 1. The molecule has 0 saturated carbocycles. The van der Waals surface area contributed by atoms with Crippen LogP contribution in [0.2, 0.25) is 0 Å². The molecule has 0 aliphatic carbocycles. The minimum absolute atomic E-state index is 0.0245. The number of hydrazine groups is 1. The Bertz CT molecular complexity index is 517. The Morgan fingerprint density at radius 1 is 1.26 bits per heavy atom. The number of nitrogens with zero attached hydrogens (tertiary/aromatic N) is 2. The van der Waals surface area contributed by atoms with Crippen molar-refractivity contribution >= 4 is 5.91 Å². The van der Waals surface area contributed by atoms with Crippen molar-refractivity contribution in [3.63, 3.8) is 0 Å². The molecule has 3 unspecified atom stereocenters. The van der Waals surface area contributed by atoms with E-state index in [0.29, 0.717) is 13.1 Å². The number of carbonyl (C=O) groups excluding carboxylic acids is 1. The van der Waals surface area contributed by atoms with Crippen LogP contribution in [0.4, 0.5) is 0 Å². The van der Waals surface area contributed by atoms with Gasteiger partial charge in [-0.2, -0.15) is 0 Å². The second kappa shape index (κ2) is 7.40. The Labute approximate surface area is 137 Å². The van der Waals surface area contributed by atoms with Crippen LogP contribution < -0.4 is 10.9 Å². The monoisotopic (exact) mass is 318 g/mol. The van der Waals surface area contributed by atoms with Crippen LogP contribution in [0.1, 0.15) is 18.6 Å². The number of hydrogen-bond acceptors (Lipinski definition) is 5. The molecule has 3 atom stereocenters. The summed E-state index contributed by atoms with van der Waals surface area (Å²) in [6.07, 6.45) is -0.471. The zero-order chi connectivity index (χ0) is 16.2. The molecule has 0 radical (unpaired) electrons. The molecular formula is C17H26N4O2. The highest BCUT2D eigenvalue weighted by Crippen LogP contribution is 2.17. The summed E-state index contributed by atoms with van der Waals surface area (Å²) in [4.78, 5) is 16.7. The molecule has 2 fully saturated rings. The number of aliphatic hydroxyl groups is 1. The maximum atomic E-state index is 12.5. The fourth-order valence-corrected chi connectivity index (χ4v) is 3.32. The number of nitrogens with one attached hydrogen (secondary N) is 2. The van der Waals surface area contributed by atoms with E-state index in [4.69, 9.17) is 0 Å². The standard InChI is InChI=1S/C17H26N4O2/c1-13-15(11-18-19-13)17(23)21-9-7-20(8-10-21)12-16(22)14-5-3-2-4-6-14/h2-6,13,15-16,18-19,22H,7-12H2,1H3. The highest BCUT2D eigenvalue weighted by molar-refractivity contribution is 5.80. The lowest BCUT2D eigenvalue weighted by Gasteiger charge is -2.37. The van der Waals surface area contributed by atoms with Gasteiger partial charge in [-0.15, -0.1) is 0 Å². The van der Waals surface area contributed by atoms with E-state index in [1.54, 1.807) is 0 Å². The number of carbonyl (C=O) groups is 1. The van der Waals surface area contributed by atoms with Gasteiger partial charge >= 0.3 is 0 Å². The van der Waals surface area contributed by atoms with Gasteiger partial charge in [-0.1, -0.05) is 30.3 Å². The van der Waals surface area contributed by atoms with Crippen LogP contribution >= 0.6 is 0 Å².